The first-order valence-electron chi connectivity index (χ1n) is 5.78. The Bertz CT molecular complexity index is 670. The van der Waals surface area contributed by atoms with Crippen LogP contribution in [0.1, 0.15) is 6.92 Å². The first-order chi connectivity index (χ1) is 9.72. The van der Waals surface area contributed by atoms with Crippen LogP contribution < -0.4 is 5.32 Å². The van der Waals surface area contributed by atoms with Crippen LogP contribution in [0, 0.1) is 0 Å². The van der Waals surface area contributed by atoms with Crippen molar-refractivity contribution in [2.75, 3.05) is 5.32 Å². The predicted octanol–water partition coefficient (Wildman–Crippen LogP) is 1.74. The van der Waals surface area contributed by atoms with E-state index in [1.54, 1.807) is 6.07 Å². The molecular weight excluding hydrogens is 276 g/mol. The Balaban J connectivity index is 2.10. The number of aromatic nitrogens is 5. The van der Waals surface area contributed by atoms with Gasteiger partial charge in [0.05, 0.1) is 4.88 Å². The van der Waals surface area contributed by atoms with Crippen LogP contribution in [-0.2, 0) is 4.79 Å². The molecule has 3 rings (SSSR count). The summed E-state index contributed by atoms with van der Waals surface area (Å²) >= 11 is 1.53. The van der Waals surface area contributed by atoms with Crippen LogP contribution in [0.15, 0.2) is 36.2 Å². The Kier molecular flexibility index (Phi) is 3.21. The molecule has 3 heterocycles. The third-order valence-electron chi connectivity index (χ3n) is 2.41. The number of hydrogen-bond acceptors (Lipinski definition) is 6. The monoisotopic (exact) mass is 286 g/mol. The summed E-state index contributed by atoms with van der Waals surface area (Å²) in [5, 5.41) is 8.64. The molecule has 0 saturated heterocycles. The first-order valence-corrected chi connectivity index (χ1v) is 6.66. The second kappa shape index (κ2) is 5.17. The van der Waals surface area contributed by atoms with Gasteiger partial charge in [0.2, 0.25) is 5.91 Å². The van der Waals surface area contributed by atoms with Crippen LogP contribution in [0.2, 0.25) is 0 Å². The zero-order valence-electron chi connectivity index (χ0n) is 10.5. The summed E-state index contributed by atoms with van der Waals surface area (Å²) in [4.78, 5) is 24.8. The minimum Gasteiger partial charge on any atom is -0.311 e. The van der Waals surface area contributed by atoms with Crippen molar-refractivity contribution in [2.45, 2.75) is 6.92 Å². The van der Waals surface area contributed by atoms with Gasteiger partial charge in [-0.3, -0.25) is 4.79 Å². The van der Waals surface area contributed by atoms with Crippen molar-refractivity contribution >= 4 is 23.1 Å². The summed E-state index contributed by atoms with van der Waals surface area (Å²) in [6.07, 6.45) is 2.96. The summed E-state index contributed by atoms with van der Waals surface area (Å²) in [5.74, 6) is 1.33. The van der Waals surface area contributed by atoms with Gasteiger partial charge in [0.1, 0.15) is 18.5 Å². The Morgan fingerprint density at radius 2 is 2.30 bits per heavy atom. The van der Waals surface area contributed by atoms with Crippen molar-refractivity contribution in [3.05, 3.63) is 36.2 Å². The van der Waals surface area contributed by atoms with Crippen molar-refractivity contribution in [1.29, 1.82) is 0 Å². The number of nitrogens with one attached hydrogen (secondary N) is 1. The summed E-state index contributed by atoms with van der Waals surface area (Å²) in [5.41, 5.74) is 0. The molecule has 8 heteroatoms. The van der Waals surface area contributed by atoms with Gasteiger partial charge in [-0.05, 0) is 11.4 Å². The molecule has 1 N–H and O–H groups in total. The molecule has 0 saturated carbocycles. The second-order valence-electron chi connectivity index (χ2n) is 3.93. The van der Waals surface area contributed by atoms with Crippen LogP contribution in [0.3, 0.4) is 0 Å². The van der Waals surface area contributed by atoms with Gasteiger partial charge in [-0.15, -0.1) is 11.3 Å². The molecule has 0 bridgehead atoms. The van der Waals surface area contributed by atoms with Gasteiger partial charge in [0, 0.05) is 13.0 Å². The van der Waals surface area contributed by atoms with E-state index < -0.39 is 0 Å². The van der Waals surface area contributed by atoms with E-state index in [4.69, 9.17) is 0 Å². The Labute approximate surface area is 118 Å². The highest BCUT2D eigenvalue weighted by molar-refractivity contribution is 7.13. The maximum atomic E-state index is 11.2. The zero-order valence-corrected chi connectivity index (χ0v) is 11.3. The smallest absolute Gasteiger partial charge is 0.222 e. The molecule has 0 unspecified atom stereocenters. The van der Waals surface area contributed by atoms with Crippen LogP contribution in [0.4, 0.5) is 5.82 Å². The molecule has 0 spiro atoms. The lowest BCUT2D eigenvalue weighted by molar-refractivity contribution is -0.114. The van der Waals surface area contributed by atoms with E-state index in [-0.39, 0.29) is 5.91 Å². The number of rotatable bonds is 3. The lowest BCUT2D eigenvalue weighted by Gasteiger charge is -2.07. The summed E-state index contributed by atoms with van der Waals surface area (Å²) in [7, 11) is 0. The number of nitrogens with zero attached hydrogens (tertiary/aromatic N) is 5. The largest absolute Gasteiger partial charge is 0.311 e. The van der Waals surface area contributed by atoms with Gasteiger partial charge in [0.25, 0.3) is 0 Å². The standard InChI is InChI=1S/C12H10N6OS/c1-8(19)15-10-5-11(18-7-13-6-14-18)17-12(16-10)9-3-2-4-20-9/h2-7H,1H3,(H,15,16,17,19). The van der Waals surface area contributed by atoms with Gasteiger partial charge in [-0.2, -0.15) is 5.10 Å². The van der Waals surface area contributed by atoms with Crippen molar-refractivity contribution in [3.8, 4) is 16.5 Å². The average Bonchev–Trinajstić information content (AvgIpc) is 3.11. The van der Waals surface area contributed by atoms with E-state index in [9.17, 15) is 4.79 Å². The van der Waals surface area contributed by atoms with Crippen molar-refractivity contribution < 1.29 is 4.79 Å². The fraction of sp³-hybridized carbons (Fsp3) is 0.0833. The van der Waals surface area contributed by atoms with Gasteiger partial charge in [-0.1, -0.05) is 6.07 Å². The number of anilines is 1. The molecule has 1 amide bonds. The quantitative estimate of drug-likeness (QED) is 0.792. The van der Waals surface area contributed by atoms with E-state index in [0.29, 0.717) is 17.5 Å². The van der Waals surface area contributed by atoms with Gasteiger partial charge in [-0.25, -0.2) is 19.6 Å². The minimum atomic E-state index is -0.189. The maximum absolute atomic E-state index is 11.2. The van der Waals surface area contributed by atoms with Crippen LogP contribution in [0.25, 0.3) is 16.5 Å². The molecule has 0 radical (unpaired) electrons. The third-order valence-corrected chi connectivity index (χ3v) is 3.28. The molecule has 0 fully saturated rings. The van der Waals surface area contributed by atoms with Crippen LogP contribution in [0.5, 0.6) is 0 Å². The summed E-state index contributed by atoms with van der Waals surface area (Å²) in [6, 6.07) is 5.49. The highest BCUT2D eigenvalue weighted by atomic mass is 32.1. The van der Waals surface area contributed by atoms with E-state index in [1.807, 2.05) is 17.5 Å². The van der Waals surface area contributed by atoms with Crippen molar-refractivity contribution in [3.63, 3.8) is 0 Å². The molecule has 3 aromatic rings. The fourth-order valence-corrected chi connectivity index (χ4v) is 2.30. The third kappa shape index (κ3) is 2.54. The molecule has 0 aliphatic rings. The molecule has 100 valence electrons. The lowest BCUT2D eigenvalue weighted by Crippen LogP contribution is -2.10. The van der Waals surface area contributed by atoms with Crippen molar-refractivity contribution in [1.82, 2.24) is 24.7 Å². The first kappa shape index (κ1) is 12.4. The Morgan fingerprint density at radius 1 is 1.40 bits per heavy atom. The Morgan fingerprint density at radius 3 is 2.95 bits per heavy atom. The molecule has 3 aromatic heterocycles. The molecule has 0 aromatic carbocycles. The van der Waals surface area contributed by atoms with E-state index in [2.05, 4.69) is 25.4 Å². The van der Waals surface area contributed by atoms with Crippen molar-refractivity contribution in [2.24, 2.45) is 0 Å². The number of carbonyl (C=O) groups excluding carboxylic acids is 1. The molecular formula is C12H10N6OS. The zero-order chi connectivity index (χ0) is 13.9. The number of amides is 1. The molecule has 7 nitrogen and oxygen atoms in total. The molecule has 20 heavy (non-hydrogen) atoms. The predicted molar refractivity (Wildman–Crippen MR) is 74.6 cm³/mol. The van der Waals surface area contributed by atoms with Crippen LogP contribution in [-0.4, -0.2) is 30.6 Å². The Hall–Kier alpha value is -2.61. The molecule has 0 aliphatic carbocycles. The minimum absolute atomic E-state index is 0.189. The number of hydrogen-bond donors (Lipinski definition) is 1. The normalized spacial score (nSPS) is 10.4. The average molecular weight is 286 g/mol. The molecule has 0 atom stereocenters. The number of carbonyl (C=O) groups is 1. The topological polar surface area (TPSA) is 85.6 Å². The summed E-state index contributed by atoms with van der Waals surface area (Å²) < 4.78 is 1.52. The van der Waals surface area contributed by atoms with E-state index in [1.165, 1.54) is 35.6 Å². The van der Waals surface area contributed by atoms with Gasteiger partial charge >= 0.3 is 0 Å². The SMILES string of the molecule is CC(=O)Nc1cc(-n2cncn2)nc(-c2cccs2)n1. The summed E-state index contributed by atoms with van der Waals surface area (Å²) in [6.45, 7) is 1.43. The molecule has 0 aliphatic heterocycles. The lowest BCUT2D eigenvalue weighted by atomic mass is 10.4. The highest BCUT2D eigenvalue weighted by Crippen LogP contribution is 2.23. The highest BCUT2D eigenvalue weighted by Gasteiger charge is 2.10. The van der Waals surface area contributed by atoms with E-state index >= 15 is 0 Å². The fourth-order valence-electron chi connectivity index (χ4n) is 1.64. The number of thiophene rings is 1. The van der Waals surface area contributed by atoms with Gasteiger partial charge in [0.15, 0.2) is 11.6 Å². The van der Waals surface area contributed by atoms with Gasteiger partial charge < -0.3 is 5.32 Å². The second-order valence-corrected chi connectivity index (χ2v) is 4.88. The van der Waals surface area contributed by atoms with Crippen LogP contribution >= 0.6 is 11.3 Å². The maximum Gasteiger partial charge on any atom is 0.222 e. The van der Waals surface area contributed by atoms with E-state index in [0.717, 1.165) is 4.88 Å².